The molecule has 0 aromatic heterocycles. The highest BCUT2D eigenvalue weighted by atomic mass is 32.2. The van der Waals surface area contributed by atoms with Gasteiger partial charge in [-0.25, -0.2) is 8.42 Å². The van der Waals surface area contributed by atoms with Crippen LogP contribution in [0.25, 0.3) is 0 Å². The average Bonchev–Trinajstić information content (AvgIpc) is 2.79. The van der Waals surface area contributed by atoms with Crippen molar-refractivity contribution in [3.05, 3.63) is 65.7 Å². The fraction of sp³-hybridized carbons (Fsp3) is 0.462. The zero-order chi connectivity index (χ0) is 23.4. The predicted octanol–water partition coefficient (Wildman–Crippen LogP) is 2.21. The van der Waals surface area contributed by atoms with E-state index in [0.29, 0.717) is 24.5 Å². The summed E-state index contributed by atoms with van der Waals surface area (Å²) in [6.45, 7) is 2.62. The molecule has 0 radical (unpaired) electrons. The third-order valence-electron chi connectivity index (χ3n) is 6.64. The number of aliphatic hydroxyl groups is 1. The van der Waals surface area contributed by atoms with Crippen LogP contribution in [0.1, 0.15) is 29.9 Å². The van der Waals surface area contributed by atoms with Gasteiger partial charge < -0.3 is 5.11 Å². The van der Waals surface area contributed by atoms with Crippen LogP contribution >= 0.6 is 0 Å². The zero-order valence-corrected chi connectivity index (χ0v) is 20.2. The molecular weight excluding hydrogens is 434 g/mol. The smallest absolute Gasteiger partial charge is 0.243 e. The van der Waals surface area contributed by atoms with Crippen LogP contribution in [-0.2, 0) is 10.0 Å². The number of rotatable bonds is 5. The monoisotopic (exact) mass is 467 g/mol. The maximum Gasteiger partial charge on any atom is 0.243 e. The Balaban J connectivity index is 1.57. The number of sulfonamides is 1. The zero-order valence-electron chi connectivity index (χ0n) is 19.4. The summed E-state index contributed by atoms with van der Waals surface area (Å²) < 4.78 is 28.3. The molecular formula is C26H33N3O3S. The number of hydrogen-bond acceptors (Lipinski definition) is 5. The SMILES string of the molecule is CN(C)CC#Cc1ccc([C@H]2[C@@H](CO)N3CCCCN(S(=O)(=O)c4ccccc4)C[C@H]23)cc1. The molecule has 0 aliphatic carbocycles. The highest BCUT2D eigenvalue weighted by Crippen LogP contribution is 2.42. The molecule has 1 N–H and O–H groups in total. The Morgan fingerprint density at radius 1 is 1.03 bits per heavy atom. The first-order valence-corrected chi connectivity index (χ1v) is 13.0. The van der Waals surface area contributed by atoms with E-state index in [-0.39, 0.29) is 24.6 Å². The summed E-state index contributed by atoms with van der Waals surface area (Å²) in [5.74, 6) is 6.42. The molecule has 0 amide bonds. The lowest BCUT2D eigenvalue weighted by Gasteiger charge is -2.57. The van der Waals surface area contributed by atoms with Gasteiger partial charge in [0.05, 0.1) is 18.0 Å². The van der Waals surface area contributed by atoms with Crippen molar-refractivity contribution in [3.63, 3.8) is 0 Å². The molecule has 2 aromatic carbocycles. The summed E-state index contributed by atoms with van der Waals surface area (Å²) >= 11 is 0. The second-order valence-electron chi connectivity index (χ2n) is 9.13. The van der Waals surface area contributed by atoms with E-state index >= 15 is 0 Å². The van der Waals surface area contributed by atoms with Crippen molar-refractivity contribution in [2.24, 2.45) is 0 Å². The predicted molar refractivity (Wildman–Crippen MR) is 130 cm³/mol. The Morgan fingerprint density at radius 3 is 2.39 bits per heavy atom. The van der Waals surface area contributed by atoms with Gasteiger partial charge >= 0.3 is 0 Å². The van der Waals surface area contributed by atoms with E-state index in [4.69, 9.17) is 0 Å². The van der Waals surface area contributed by atoms with Crippen LogP contribution in [0.2, 0.25) is 0 Å². The fourth-order valence-corrected chi connectivity index (χ4v) is 6.47. The molecule has 2 aromatic rings. The summed E-state index contributed by atoms with van der Waals surface area (Å²) in [4.78, 5) is 4.66. The van der Waals surface area contributed by atoms with Gasteiger partial charge in [0.25, 0.3) is 0 Å². The molecule has 2 fully saturated rings. The number of hydrogen-bond donors (Lipinski definition) is 1. The normalized spacial score (nSPS) is 24.2. The Morgan fingerprint density at radius 2 is 1.73 bits per heavy atom. The van der Waals surface area contributed by atoms with Crippen molar-refractivity contribution in [1.82, 2.24) is 14.1 Å². The average molecular weight is 468 g/mol. The third-order valence-corrected chi connectivity index (χ3v) is 8.52. The Hall–Kier alpha value is -2.21. The Bertz CT molecular complexity index is 1090. The number of nitrogens with zero attached hydrogens (tertiary/aromatic N) is 3. The van der Waals surface area contributed by atoms with Gasteiger partial charge in [0, 0.05) is 36.7 Å². The van der Waals surface area contributed by atoms with Crippen LogP contribution in [0.15, 0.2) is 59.5 Å². The lowest BCUT2D eigenvalue weighted by Crippen LogP contribution is -2.67. The molecule has 0 unspecified atom stereocenters. The highest BCUT2D eigenvalue weighted by Gasteiger charge is 2.50. The van der Waals surface area contributed by atoms with E-state index in [1.54, 1.807) is 28.6 Å². The summed E-state index contributed by atoms with van der Waals surface area (Å²) in [6.07, 6.45) is 1.74. The topological polar surface area (TPSA) is 64.1 Å². The van der Waals surface area contributed by atoms with Gasteiger partial charge in [0.15, 0.2) is 0 Å². The minimum atomic E-state index is -3.56. The van der Waals surface area contributed by atoms with E-state index in [9.17, 15) is 13.5 Å². The maximum absolute atomic E-state index is 13.4. The largest absolute Gasteiger partial charge is 0.395 e. The molecule has 0 spiro atoms. The van der Waals surface area contributed by atoms with Gasteiger partial charge in [0.2, 0.25) is 10.0 Å². The molecule has 6 nitrogen and oxygen atoms in total. The van der Waals surface area contributed by atoms with Crippen molar-refractivity contribution in [1.29, 1.82) is 0 Å². The van der Waals surface area contributed by atoms with Gasteiger partial charge in [0.1, 0.15) is 0 Å². The molecule has 4 rings (SSSR count). The van der Waals surface area contributed by atoms with E-state index in [2.05, 4.69) is 28.9 Å². The number of fused-ring (bicyclic) bond motifs is 1. The molecule has 7 heteroatoms. The van der Waals surface area contributed by atoms with E-state index in [0.717, 1.165) is 30.5 Å². The first kappa shape index (κ1) is 23.9. The van der Waals surface area contributed by atoms with Crippen molar-refractivity contribution in [3.8, 4) is 11.8 Å². The second kappa shape index (κ2) is 10.4. The second-order valence-corrected chi connectivity index (χ2v) is 11.1. The summed E-state index contributed by atoms with van der Waals surface area (Å²) in [5, 5.41) is 10.1. The van der Waals surface area contributed by atoms with E-state index in [1.807, 2.05) is 37.2 Å². The Kier molecular flexibility index (Phi) is 7.52. The van der Waals surface area contributed by atoms with Crippen LogP contribution in [-0.4, -0.2) is 86.6 Å². The molecule has 2 heterocycles. The molecule has 0 bridgehead atoms. The van der Waals surface area contributed by atoms with Crippen LogP contribution in [0.4, 0.5) is 0 Å². The summed E-state index contributed by atoms with van der Waals surface area (Å²) in [5.41, 5.74) is 2.09. The first-order chi connectivity index (χ1) is 15.9. The maximum atomic E-state index is 13.4. The lowest BCUT2D eigenvalue weighted by atomic mass is 9.74. The van der Waals surface area contributed by atoms with Crippen LogP contribution in [0.5, 0.6) is 0 Å². The van der Waals surface area contributed by atoms with Gasteiger partial charge in [-0.05, 0) is 63.3 Å². The molecule has 2 aliphatic heterocycles. The van der Waals surface area contributed by atoms with Crippen LogP contribution in [0, 0.1) is 11.8 Å². The van der Waals surface area contributed by atoms with Gasteiger partial charge in [-0.2, -0.15) is 4.31 Å². The molecule has 176 valence electrons. The highest BCUT2D eigenvalue weighted by molar-refractivity contribution is 7.89. The van der Waals surface area contributed by atoms with Crippen molar-refractivity contribution in [2.45, 2.75) is 35.7 Å². The number of benzene rings is 2. The van der Waals surface area contributed by atoms with Gasteiger partial charge in [-0.15, -0.1) is 0 Å². The summed E-state index contributed by atoms with van der Waals surface area (Å²) in [7, 11) is 0.427. The van der Waals surface area contributed by atoms with Crippen molar-refractivity contribution < 1.29 is 13.5 Å². The quantitative estimate of drug-likeness (QED) is 0.684. The van der Waals surface area contributed by atoms with Crippen LogP contribution < -0.4 is 0 Å². The Labute approximate surface area is 197 Å². The van der Waals surface area contributed by atoms with Gasteiger partial charge in [-0.3, -0.25) is 9.80 Å². The third kappa shape index (κ3) is 5.16. The molecule has 33 heavy (non-hydrogen) atoms. The van der Waals surface area contributed by atoms with Crippen molar-refractivity contribution in [2.75, 3.05) is 46.9 Å². The molecule has 2 saturated heterocycles. The lowest BCUT2D eigenvalue weighted by molar-refractivity contribution is -0.0553. The van der Waals surface area contributed by atoms with E-state index in [1.165, 1.54) is 0 Å². The minimum absolute atomic E-state index is 0.0139. The number of aliphatic hydroxyl groups excluding tert-OH is 1. The van der Waals surface area contributed by atoms with Crippen LogP contribution in [0.3, 0.4) is 0 Å². The first-order valence-electron chi connectivity index (χ1n) is 11.6. The minimum Gasteiger partial charge on any atom is -0.395 e. The van der Waals surface area contributed by atoms with Gasteiger partial charge in [-0.1, -0.05) is 42.2 Å². The molecule has 3 atom stereocenters. The van der Waals surface area contributed by atoms with Crippen molar-refractivity contribution >= 4 is 10.0 Å². The molecule has 0 saturated carbocycles. The molecule has 2 aliphatic rings. The summed E-state index contributed by atoms with van der Waals surface area (Å²) in [6, 6.07) is 17.0. The standard InChI is InChI=1S/C26H33N3O3S/c1-27(2)16-8-9-21-12-14-22(15-13-21)26-24-19-28(17-6-7-18-29(24)25(26)20-30)33(31,32)23-10-4-3-5-11-23/h3-5,10-15,24-26,30H,6-7,16-20H2,1-2H3/t24-,25-,26-/m1/s1. The fourth-order valence-electron chi connectivity index (χ4n) is 4.96. The van der Waals surface area contributed by atoms with E-state index < -0.39 is 10.0 Å².